The van der Waals surface area contributed by atoms with Crippen molar-refractivity contribution >= 4 is 23.4 Å². The molecule has 0 radical (unpaired) electrons. The summed E-state index contributed by atoms with van der Waals surface area (Å²) in [7, 11) is 0. The number of rotatable bonds is 8. The van der Waals surface area contributed by atoms with E-state index in [0.717, 1.165) is 17.0 Å². The molecule has 158 valence electrons. The first-order valence-electron chi connectivity index (χ1n) is 9.75. The molecule has 3 rings (SSSR count). The number of nitrogens with two attached hydrogens (primary N) is 1. The number of aromatic nitrogens is 3. The SMILES string of the molecule is Cc1ccc(NC(=O)CSc2nnc(COc3ccc(C(C)C)cc3)n2N)cc1C. The van der Waals surface area contributed by atoms with Crippen LogP contribution in [-0.4, -0.2) is 26.5 Å². The highest BCUT2D eigenvalue weighted by Gasteiger charge is 2.13. The van der Waals surface area contributed by atoms with Gasteiger partial charge in [-0.05, 0) is 60.7 Å². The lowest BCUT2D eigenvalue weighted by atomic mass is 10.0. The molecule has 0 bridgehead atoms. The number of carbonyl (C=O) groups excluding carboxylic acids is 1. The van der Waals surface area contributed by atoms with Gasteiger partial charge in [-0.1, -0.05) is 43.8 Å². The summed E-state index contributed by atoms with van der Waals surface area (Å²) in [6.07, 6.45) is 0. The van der Waals surface area contributed by atoms with E-state index in [4.69, 9.17) is 10.6 Å². The minimum absolute atomic E-state index is 0.130. The summed E-state index contributed by atoms with van der Waals surface area (Å²) in [6, 6.07) is 13.8. The van der Waals surface area contributed by atoms with Crippen molar-refractivity contribution < 1.29 is 9.53 Å². The van der Waals surface area contributed by atoms with E-state index in [1.165, 1.54) is 27.6 Å². The smallest absolute Gasteiger partial charge is 0.234 e. The zero-order valence-electron chi connectivity index (χ0n) is 17.7. The van der Waals surface area contributed by atoms with Gasteiger partial charge in [0.1, 0.15) is 12.4 Å². The molecule has 0 saturated carbocycles. The summed E-state index contributed by atoms with van der Waals surface area (Å²) in [6.45, 7) is 8.54. The molecule has 0 aliphatic heterocycles. The molecule has 0 aliphatic rings. The van der Waals surface area contributed by atoms with Crippen LogP contribution in [0.15, 0.2) is 47.6 Å². The molecular weight excluding hydrogens is 398 g/mol. The quantitative estimate of drug-likeness (QED) is 0.418. The molecule has 0 spiro atoms. The third-order valence-electron chi connectivity index (χ3n) is 4.77. The van der Waals surface area contributed by atoms with Crippen LogP contribution in [0, 0.1) is 13.8 Å². The Morgan fingerprint density at radius 3 is 2.53 bits per heavy atom. The molecular formula is C22H27N5O2S. The topological polar surface area (TPSA) is 95.1 Å². The largest absolute Gasteiger partial charge is 0.486 e. The fraction of sp³-hybridized carbons (Fsp3) is 0.318. The Morgan fingerprint density at radius 1 is 1.13 bits per heavy atom. The first kappa shape index (κ1) is 21.7. The van der Waals surface area contributed by atoms with Gasteiger partial charge in [-0.2, -0.15) is 0 Å². The Labute approximate surface area is 181 Å². The van der Waals surface area contributed by atoms with Crippen LogP contribution in [0.1, 0.15) is 42.3 Å². The van der Waals surface area contributed by atoms with Crippen molar-refractivity contribution in [2.45, 2.75) is 45.4 Å². The van der Waals surface area contributed by atoms with Crippen molar-refractivity contribution in [1.82, 2.24) is 14.9 Å². The number of amides is 1. The third kappa shape index (κ3) is 5.54. The van der Waals surface area contributed by atoms with Crippen LogP contribution in [0.5, 0.6) is 5.75 Å². The highest BCUT2D eigenvalue weighted by molar-refractivity contribution is 7.99. The van der Waals surface area contributed by atoms with Gasteiger partial charge in [0, 0.05) is 5.69 Å². The number of hydrogen-bond donors (Lipinski definition) is 2. The standard InChI is InChI=1S/C22H27N5O2S/c1-14(2)17-6-9-19(10-7-17)29-12-20-25-26-22(27(20)23)30-13-21(28)24-18-8-5-15(3)16(4)11-18/h5-11,14H,12-13,23H2,1-4H3,(H,24,28). The van der Waals surface area contributed by atoms with E-state index in [0.29, 0.717) is 16.9 Å². The fourth-order valence-electron chi connectivity index (χ4n) is 2.75. The predicted octanol–water partition coefficient (Wildman–Crippen LogP) is 4.04. The minimum atomic E-state index is -0.130. The number of hydrogen-bond acceptors (Lipinski definition) is 6. The van der Waals surface area contributed by atoms with Gasteiger partial charge in [-0.15, -0.1) is 10.2 Å². The van der Waals surface area contributed by atoms with Gasteiger partial charge in [-0.25, -0.2) is 4.68 Å². The lowest BCUT2D eigenvalue weighted by Gasteiger charge is -2.09. The Kier molecular flexibility index (Phi) is 6.99. The van der Waals surface area contributed by atoms with E-state index < -0.39 is 0 Å². The highest BCUT2D eigenvalue weighted by atomic mass is 32.2. The second-order valence-corrected chi connectivity index (χ2v) is 8.36. The van der Waals surface area contributed by atoms with Gasteiger partial charge in [0.15, 0.2) is 5.82 Å². The number of nitrogens with one attached hydrogen (secondary N) is 1. The molecule has 30 heavy (non-hydrogen) atoms. The number of benzene rings is 2. The molecule has 8 heteroatoms. The number of thioether (sulfide) groups is 1. The summed E-state index contributed by atoms with van der Waals surface area (Å²) < 4.78 is 7.11. The van der Waals surface area contributed by atoms with Crippen LogP contribution in [0.25, 0.3) is 0 Å². The maximum Gasteiger partial charge on any atom is 0.234 e. The van der Waals surface area contributed by atoms with Gasteiger partial charge < -0.3 is 15.9 Å². The van der Waals surface area contributed by atoms with Crippen molar-refractivity contribution in [2.75, 3.05) is 16.9 Å². The Bertz CT molecular complexity index is 1010. The Morgan fingerprint density at radius 2 is 1.87 bits per heavy atom. The van der Waals surface area contributed by atoms with Gasteiger partial charge in [-0.3, -0.25) is 4.79 Å². The zero-order valence-corrected chi connectivity index (χ0v) is 18.5. The van der Waals surface area contributed by atoms with Crippen LogP contribution in [0.4, 0.5) is 5.69 Å². The van der Waals surface area contributed by atoms with Crippen LogP contribution < -0.4 is 15.9 Å². The highest BCUT2D eigenvalue weighted by Crippen LogP contribution is 2.20. The molecule has 3 N–H and O–H groups in total. The second kappa shape index (κ2) is 9.67. The molecule has 0 saturated heterocycles. The van der Waals surface area contributed by atoms with Crippen LogP contribution in [0.2, 0.25) is 0 Å². The fourth-order valence-corrected chi connectivity index (χ4v) is 3.42. The first-order chi connectivity index (χ1) is 14.3. The molecule has 1 heterocycles. The van der Waals surface area contributed by atoms with Gasteiger partial charge >= 0.3 is 0 Å². The van der Waals surface area contributed by atoms with Gasteiger partial charge in [0.2, 0.25) is 11.1 Å². The summed E-state index contributed by atoms with van der Waals surface area (Å²) in [4.78, 5) is 12.2. The molecule has 1 aromatic heterocycles. The van der Waals surface area contributed by atoms with E-state index in [1.807, 2.05) is 56.3 Å². The number of nitrogens with zero attached hydrogens (tertiary/aromatic N) is 3. The lowest BCUT2D eigenvalue weighted by Crippen LogP contribution is -2.18. The monoisotopic (exact) mass is 425 g/mol. The zero-order chi connectivity index (χ0) is 21.7. The van der Waals surface area contributed by atoms with E-state index in [-0.39, 0.29) is 18.3 Å². The third-order valence-corrected chi connectivity index (χ3v) is 5.72. The summed E-state index contributed by atoms with van der Waals surface area (Å²) >= 11 is 1.23. The maximum absolute atomic E-state index is 12.2. The average molecular weight is 426 g/mol. The maximum atomic E-state index is 12.2. The number of carbonyl (C=O) groups is 1. The first-order valence-corrected chi connectivity index (χ1v) is 10.7. The number of anilines is 1. The van der Waals surface area contributed by atoms with E-state index >= 15 is 0 Å². The number of nitrogen functional groups attached to an aromatic ring is 1. The molecule has 0 atom stereocenters. The number of aryl methyl sites for hydroxylation is 2. The number of ether oxygens (including phenoxy) is 1. The summed E-state index contributed by atoms with van der Waals surface area (Å²) in [5.41, 5.74) is 4.34. The summed E-state index contributed by atoms with van der Waals surface area (Å²) in [5, 5.41) is 11.5. The van der Waals surface area contributed by atoms with Crippen molar-refractivity contribution in [2.24, 2.45) is 0 Å². The molecule has 0 fully saturated rings. The Hall–Kier alpha value is -3.00. The predicted molar refractivity (Wildman–Crippen MR) is 120 cm³/mol. The van der Waals surface area contributed by atoms with E-state index in [9.17, 15) is 4.79 Å². The van der Waals surface area contributed by atoms with Crippen LogP contribution >= 0.6 is 11.8 Å². The van der Waals surface area contributed by atoms with Gasteiger partial charge in [0.05, 0.1) is 5.75 Å². The molecule has 1 amide bonds. The summed E-state index contributed by atoms with van der Waals surface area (Å²) in [5.74, 6) is 7.81. The van der Waals surface area contributed by atoms with Crippen molar-refractivity contribution in [1.29, 1.82) is 0 Å². The normalized spacial score (nSPS) is 11.0. The van der Waals surface area contributed by atoms with Crippen LogP contribution in [-0.2, 0) is 11.4 Å². The lowest BCUT2D eigenvalue weighted by molar-refractivity contribution is -0.113. The van der Waals surface area contributed by atoms with Crippen molar-refractivity contribution in [3.8, 4) is 5.75 Å². The van der Waals surface area contributed by atoms with Crippen LogP contribution in [0.3, 0.4) is 0 Å². The van der Waals surface area contributed by atoms with Crippen molar-refractivity contribution in [3.05, 3.63) is 65.0 Å². The second-order valence-electron chi connectivity index (χ2n) is 7.42. The molecule has 0 unspecified atom stereocenters. The van der Waals surface area contributed by atoms with E-state index in [2.05, 4.69) is 29.4 Å². The molecule has 3 aromatic rings. The average Bonchev–Trinajstić information content (AvgIpc) is 3.07. The Balaban J connectivity index is 1.52. The van der Waals surface area contributed by atoms with Crippen molar-refractivity contribution in [3.63, 3.8) is 0 Å². The molecule has 7 nitrogen and oxygen atoms in total. The molecule has 2 aromatic carbocycles. The molecule has 0 aliphatic carbocycles. The van der Waals surface area contributed by atoms with Gasteiger partial charge in [0.25, 0.3) is 0 Å². The van der Waals surface area contributed by atoms with E-state index in [1.54, 1.807) is 0 Å². The minimum Gasteiger partial charge on any atom is -0.486 e.